The quantitative estimate of drug-likeness (QED) is 0.677. The number of likely N-dealkylation sites (tertiary alicyclic amines) is 1. The van der Waals surface area contributed by atoms with Crippen LogP contribution in [0.15, 0.2) is 29.2 Å². The zero-order chi connectivity index (χ0) is 20.9. The normalized spacial score (nSPS) is 24.3. The highest BCUT2D eigenvalue weighted by atomic mass is 32.2. The minimum Gasteiger partial charge on any atom is -0.379 e. The molecular formula is C21H33N3O4S. The first-order valence-corrected chi connectivity index (χ1v) is 12.0. The van der Waals surface area contributed by atoms with E-state index in [0.717, 1.165) is 37.9 Å². The summed E-state index contributed by atoms with van der Waals surface area (Å²) in [6, 6.07) is 6.29. The Labute approximate surface area is 174 Å². The van der Waals surface area contributed by atoms with E-state index in [0.29, 0.717) is 38.4 Å². The second-order valence-electron chi connectivity index (χ2n) is 8.36. The highest BCUT2D eigenvalue weighted by Crippen LogP contribution is 2.21. The van der Waals surface area contributed by atoms with Gasteiger partial charge in [0.15, 0.2) is 0 Å². The smallest absolute Gasteiger partial charge is 0.251 e. The molecule has 2 saturated heterocycles. The molecule has 29 heavy (non-hydrogen) atoms. The molecule has 0 radical (unpaired) electrons. The van der Waals surface area contributed by atoms with Gasteiger partial charge in [0.25, 0.3) is 5.91 Å². The maximum atomic E-state index is 12.8. The number of benzene rings is 1. The minimum absolute atomic E-state index is 0.156. The zero-order valence-electron chi connectivity index (χ0n) is 17.5. The van der Waals surface area contributed by atoms with Crippen molar-refractivity contribution in [3.8, 4) is 0 Å². The lowest BCUT2D eigenvalue weighted by Gasteiger charge is -2.34. The number of sulfonamides is 1. The van der Waals surface area contributed by atoms with Gasteiger partial charge in [0.05, 0.1) is 18.1 Å². The third-order valence-corrected chi connectivity index (χ3v) is 7.48. The van der Waals surface area contributed by atoms with Crippen LogP contribution in [0.2, 0.25) is 0 Å². The maximum absolute atomic E-state index is 12.8. The Morgan fingerprint density at radius 3 is 2.55 bits per heavy atom. The Kier molecular flexibility index (Phi) is 7.67. The molecule has 0 unspecified atom stereocenters. The lowest BCUT2D eigenvalue weighted by Crippen LogP contribution is -2.40. The summed E-state index contributed by atoms with van der Waals surface area (Å²) in [6.45, 7) is 9.87. The Balaban J connectivity index is 1.51. The van der Waals surface area contributed by atoms with Gasteiger partial charge in [-0.2, -0.15) is 4.31 Å². The molecule has 2 fully saturated rings. The average molecular weight is 424 g/mol. The fourth-order valence-electron chi connectivity index (χ4n) is 4.32. The predicted molar refractivity (Wildman–Crippen MR) is 112 cm³/mol. The van der Waals surface area contributed by atoms with Crippen molar-refractivity contribution in [1.82, 2.24) is 14.5 Å². The van der Waals surface area contributed by atoms with Gasteiger partial charge in [-0.15, -0.1) is 0 Å². The number of amides is 1. The monoisotopic (exact) mass is 423 g/mol. The standard InChI is InChI=1S/C21H33N3O4S/c1-17-13-18(2)16-23(15-17)8-4-7-22-21(25)19-5-3-6-20(14-19)29(26,27)24-9-11-28-12-10-24/h3,5-6,14,17-18H,4,7-13,15-16H2,1-2H3,(H,22,25)/t17-,18-/m1/s1. The van der Waals surface area contributed by atoms with E-state index in [-0.39, 0.29) is 10.8 Å². The molecule has 1 amide bonds. The van der Waals surface area contributed by atoms with Crippen LogP contribution in [0.25, 0.3) is 0 Å². The van der Waals surface area contributed by atoms with Crippen LogP contribution in [0.5, 0.6) is 0 Å². The van der Waals surface area contributed by atoms with E-state index in [4.69, 9.17) is 4.74 Å². The van der Waals surface area contributed by atoms with E-state index < -0.39 is 10.0 Å². The number of rotatable bonds is 7. The van der Waals surface area contributed by atoms with Crippen molar-refractivity contribution in [3.63, 3.8) is 0 Å². The molecule has 0 saturated carbocycles. The second-order valence-corrected chi connectivity index (χ2v) is 10.3. The Morgan fingerprint density at radius 1 is 1.17 bits per heavy atom. The number of carbonyl (C=O) groups is 1. The summed E-state index contributed by atoms with van der Waals surface area (Å²) in [5.41, 5.74) is 0.375. The molecule has 0 spiro atoms. The van der Waals surface area contributed by atoms with Crippen molar-refractivity contribution in [2.75, 3.05) is 52.5 Å². The first-order chi connectivity index (χ1) is 13.9. The summed E-state index contributed by atoms with van der Waals surface area (Å²) >= 11 is 0. The molecule has 0 aliphatic carbocycles. The summed E-state index contributed by atoms with van der Waals surface area (Å²) in [4.78, 5) is 15.1. The van der Waals surface area contributed by atoms with Crippen LogP contribution in [0.3, 0.4) is 0 Å². The molecule has 1 aromatic carbocycles. The minimum atomic E-state index is -3.60. The lowest BCUT2D eigenvalue weighted by atomic mass is 9.92. The molecule has 7 nitrogen and oxygen atoms in total. The van der Waals surface area contributed by atoms with Crippen molar-refractivity contribution in [1.29, 1.82) is 0 Å². The predicted octanol–water partition coefficient (Wildman–Crippen LogP) is 1.81. The van der Waals surface area contributed by atoms with Crippen molar-refractivity contribution >= 4 is 15.9 Å². The summed E-state index contributed by atoms with van der Waals surface area (Å²) in [5.74, 6) is 1.22. The number of piperidine rings is 1. The number of morpholine rings is 1. The van der Waals surface area contributed by atoms with Crippen molar-refractivity contribution < 1.29 is 17.9 Å². The topological polar surface area (TPSA) is 79.0 Å². The van der Waals surface area contributed by atoms with Crippen molar-refractivity contribution in [2.45, 2.75) is 31.6 Å². The Hall–Kier alpha value is -1.48. The number of hydrogen-bond donors (Lipinski definition) is 1. The third kappa shape index (κ3) is 6.01. The molecule has 2 heterocycles. The van der Waals surface area contributed by atoms with Crippen LogP contribution in [-0.4, -0.2) is 76.0 Å². The van der Waals surface area contributed by atoms with Crippen LogP contribution < -0.4 is 5.32 Å². The molecular weight excluding hydrogens is 390 g/mol. The van der Waals surface area contributed by atoms with E-state index >= 15 is 0 Å². The van der Waals surface area contributed by atoms with Gasteiger partial charge in [-0.25, -0.2) is 8.42 Å². The molecule has 162 valence electrons. The molecule has 2 aliphatic heterocycles. The fourth-order valence-corrected chi connectivity index (χ4v) is 5.77. The van der Waals surface area contributed by atoms with Gasteiger partial charge < -0.3 is 15.0 Å². The molecule has 8 heteroatoms. The van der Waals surface area contributed by atoms with Crippen LogP contribution in [0.1, 0.15) is 37.0 Å². The highest BCUT2D eigenvalue weighted by Gasteiger charge is 2.27. The van der Waals surface area contributed by atoms with Gasteiger partial charge in [-0.3, -0.25) is 4.79 Å². The van der Waals surface area contributed by atoms with Crippen LogP contribution in [-0.2, 0) is 14.8 Å². The molecule has 0 bridgehead atoms. The first-order valence-electron chi connectivity index (χ1n) is 10.5. The van der Waals surface area contributed by atoms with Gasteiger partial charge >= 0.3 is 0 Å². The zero-order valence-corrected chi connectivity index (χ0v) is 18.3. The molecule has 2 atom stereocenters. The fraction of sp³-hybridized carbons (Fsp3) is 0.667. The molecule has 1 N–H and O–H groups in total. The van der Waals surface area contributed by atoms with E-state index in [9.17, 15) is 13.2 Å². The van der Waals surface area contributed by atoms with E-state index in [2.05, 4.69) is 24.1 Å². The maximum Gasteiger partial charge on any atom is 0.251 e. The number of hydrogen-bond acceptors (Lipinski definition) is 5. The van der Waals surface area contributed by atoms with Gasteiger partial charge in [0.1, 0.15) is 0 Å². The summed E-state index contributed by atoms with van der Waals surface area (Å²) in [5, 5.41) is 2.93. The van der Waals surface area contributed by atoms with Gasteiger partial charge in [0, 0.05) is 38.3 Å². The number of carbonyl (C=O) groups excluding carboxylic acids is 1. The molecule has 3 rings (SSSR count). The van der Waals surface area contributed by atoms with E-state index in [1.807, 2.05) is 0 Å². The second kappa shape index (κ2) is 10.0. The molecule has 1 aromatic rings. The SMILES string of the molecule is C[C@@H]1C[C@@H](C)CN(CCCNC(=O)c2cccc(S(=O)(=O)N3CCOCC3)c2)C1. The van der Waals surface area contributed by atoms with Gasteiger partial charge in [-0.1, -0.05) is 19.9 Å². The van der Waals surface area contributed by atoms with Gasteiger partial charge in [-0.05, 0) is 49.4 Å². The van der Waals surface area contributed by atoms with E-state index in [1.165, 1.54) is 16.8 Å². The highest BCUT2D eigenvalue weighted by molar-refractivity contribution is 7.89. The third-order valence-electron chi connectivity index (χ3n) is 5.59. The van der Waals surface area contributed by atoms with Crippen molar-refractivity contribution in [2.24, 2.45) is 11.8 Å². The Bertz CT molecular complexity index is 783. The number of nitrogens with zero attached hydrogens (tertiary/aromatic N) is 2. The number of ether oxygens (including phenoxy) is 1. The Morgan fingerprint density at radius 2 is 1.86 bits per heavy atom. The summed E-state index contributed by atoms with van der Waals surface area (Å²) in [6.07, 6.45) is 2.17. The van der Waals surface area contributed by atoms with E-state index in [1.54, 1.807) is 18.2 Å². The lowest BCUT2D eigenvalue weighted by molar-refractivity contribution is 0.0730. The van der Waals surface area contributed by atoms with Crippen LogP contribution in [0.4, 0.5) is 0 Å². The first kappa shape index (κ1) is 22.2. The van der Waals surface area contributed by atoms with Gasteiger partial charge in [0.2, 0.25) is 10.0 Å². The average Bonchev–Trinajstić information content (AvgIpc) is 2.71. The summed E-state index contributed by atoms with van der Waals surface area (Å²) < 4.78 is 32.2. The molecule has 0 aromatic heterocycles. The largest absolute Gasteiger partial charge is 0.379 e. The molecule has 2 aliphatic rings. The summed E-state index contributed by atoms with van der Waals surface area (Å²) in [7, 11) is -3.60. The van der Waals surface area contributed by atoms with Crippen LogP contribution in [0, 0.1) is 11.8 Å². The van der Waals surface area contributed by atoms with Crippen molar-refractivity contribution in [3.05, 3.63) is 29.8 Å². The van der Waals surface area contributed by atoms with Crippen LogP contribution >= 0.6 is 0 Å². The number of nitrogens with one attached hydrogen (secondary N) is 1.